The largest absolute Gasteiger partial charge is 0.550 e. The number of rotatable bonds is 13. The fourth-order valence-corrected chi connectivity index (χ4v) is 12.1. The molecule has 3 heteroatoms. The summed E-state index contributed by atoms with van der Waals surface area (Å²) < 4.78 is 0. The van der Waals surface area contributed by atoms with Gasteiger partial charge in [-0.2, -0.15) is 0 Å². The number of carboxylic acid groups (broad SMARTS) is 1. The molecule has 0 saturated carbocycles. The van der Waals surface area contributed by atoms with Crippen LogP contribution in [0.4, 0.5) is 0 Å². The van der Waals surface area contributed by atoms with Gasteiger partial charge in [0.1, 0.15) is 0 Å². The summed E-state index contributed by atoms with van der Waals surface area (Å²) in [6.45, 7) is 8.07. The number of carbonyl (C=O) groups excluding carboxylic acids is 1. The van der Waals surface area contributed by atoms with E-state index in [0.717, 1.165) is 6.92 Å². The third kappa shape index (κ3) is 7.30. The summed E-state index contributed by atoms with van der Waals surface area (Å²) in [6, 6.07) is 34.5. The molecule has 0 saturated heterocycles. The van der Waals surface area contributed by atoms with Gasteiger partial charge in [0.2, 0.25) is 0 Å². The summed E-state index contributed by atoms with van der Waals surface area (Å²) in [5.74, 6) is -1.08. The predicted molar refractivity (Wildman–Crippen MR) is 156 cm³/mol. The van der Waals surface area contributed by atoms with Gasteiger partial charge in [0.15, 0.2) is 5.16 Å². The van der Waals surface area contributed by atoms with Gasteiger partial charge in [0.05, 0.1) is 18.5 Å². The first-order valence-corrected chi connectivity index (χ1v) is 16.0. The molecule has 0 unspecified atom stereocenters. The molecule has 0 N–H and O–H groups in total. The van der Waals surface area contributed by atoms with Crippen molar-refractivity contribution < 1.29 is 9.90 Å². The molecular weight excluding hydrogens is 459 g/mol. The van der Waals surface area contributed by atoms with Crippen LogP contribution in [0.25, 0.3) is 0 Å². The van der Waals surface area contributed by atoms with Crippen molar-refractivity contribution >= 4 is 13.2 Å². The van der Waals surface area contributed by atoms with E-state index in [4.69, 9.17) is 9.90 Å². The Kier molecular flexibility index (Phi) is 12.9. The molecule has 0 atom stereocenters. The highest BCUT2D eigenvalue weighted by atomic mass is 31.2. The molecule has 0 bridgehead atoms. The lowest BCUT2D eigenvalue weighted by Gasteiger charge is -2.47. The first-order chi connectivity index (χ1) is 17.5. The van der Waals surface area contributed by atoms with Gasteiger partial charge in [-0.25, -0.2) is 0 Å². The zero-order chi connectivity index (χ0) is 26.3. The quantitative estimate of drug-likeness (QED) is 0.174. The van der Waals surface area contributed by atoms with E-state index in [2.05, 4.69) is 112 Å². The van der Waals surface area contributed by atoms with Crippen LogP contribution in [0, 0.1) is 0 Å². The van der Waals surface area contributed by atoms with Crippen LogP contribution in [0.2, 0.25) is 0 Å². The maximum absolute atomic E-state index is 8.89. The van der Waals surface area contributed by atoms with Crippen LogP contribution < -0.4 is 5.11 Å². The van der Waals surface area contributed by atoms with E-state index in [1.807, 2.05) is 0 Å². The second-order valence-electron chi connectivity index (χ2n) is 9.68. The van der Waals surface area contributed by atoms with Crippen molar-refractivity contribution in [3.05, 3.63) is 108 Å². The molecular formula is C33H45O2P. The molecule has 0 spiro atoms. The average Bonchev–Trinajstić information content (AvgIpc) is 2.91. The van der Waals surface area contributed by atoms with E-state index in [9.17, 15) is 0 Å². The zero-order valence-corrected chi connectivity index (χ0v) is 23.7. The Labute approximate surface area is 220 Å². The van der Waals surface area contributed by atoms with Crippen LogP contribution in [0.5, 0.6) is 0 Å². The molecule has 3 aromatic rings. The van der Waals surface area contributed by atoms with Crippen LogP contribution in [0.1, 0.15) is 82.9 Å². The van der Waals surface area contributed by atoms with Crippen LogP contribution >= 0.6 is 7.26 Å². The molecule has 0 aliphatic rings. The molecule has 3 rings (SSSR count). The van der Waals surface area contributed by atoms with Gasteiger partial charge in [-0.15, -0.1) is 0 Å². The van der Waals surface area contributed by atoms with E-state index in [1.54, 1.807) is 0 Å². The molecule has 0 heterocycles. The van der Waals surface area contributed by atoms with Crippen molar-refractivity contribution in [2.24, 2.45) is 0 Å². The smallest absolute Gasteiger partial charge is 0.154 e. The summed E-state index contributed by atoms with van der Waals surface area (Å²) in [6.07, 6.45) is 11.9. The van der Waals surface area contributed by atoms with Crippen molar-refractivity contribution in [3.8, 4) is 0 Å². The van der Waals surface area contributed by atoms with Gasteiger partial charge < -0.3 is 9.90 Å². The second-order valence-corrected chi connectivity index (χ2v) is 14.0. The fourth-order valence-electron chi connectivity index (χ4n) is 5.58. The number of hydrogen-bond donors (Lipinski definition) is 0. The van der Waals surface area contributed by atoms with E-state index in [1.165, 1.54) is 73.7 Å². The first-order valence-electron chi connectivity index (χ1n) is 13.7. The Morgan fingerprint density at radius 1 is 0.611 bits per heavy atom. The van der Waals surface area contributed by atoms with Crippen LogP contribution in [0.15, 0.2) is 91.0 Å². The van der Waals surface area contributed by atoms with Crippen molar-refractivity contribution in [2.45, 2.75) is 71.4 Å². The van der Waals surface area contributed by atoms with Crippen LogP contribution in [-0.4, -0.2) is 24.5 Å². The van der Waals surface area contributed by atoms with Gasteiger partial charge in [-0.1, -0.05) is 131 Å². The maximum atomic E-state index is 8.89. The fraction of sp³-hybridized carbons (Fsp3) is 0.424. The van der Waals surface area contributed by atoms with Gasteiger partial charge in [-0.3, -0.25) is 0 Å². The van der Waals surface area contributed by atoms with Crippen molar-refractivity contribution in [1.29, 1.82) is 0 Å². The second kappa shape index (κ2) is 15.6. The van der Waals surface area contributed by atoms with Crippen molar-refractivity contribution in [1.82, 2.24) is 0 Å². The predicted octanol–water partition coefficient (Wildman–Crippen LogP) is 8.15. The Bertz CT molecular complexity index is 864. The molecule has 0 fully saturated rings. The maximum Gasteiger partial charge on any atom is 0.154 e. The topological polar surface area (TPSA) is 40.1 Å². The van der Waals surface area contributed by atoms with Crippen LogP contribution in [0.3, 0.4) is 0 Å². The lowest BCUT2D eigenvalue weighted by Crippen LogP contribution is -2.37. The van der Waals surface area contributed by atoms with E-state index < -0.39 is 13.2 Å². The summed E-state index contributed by atoms with van der Waals surface area (Å²) in [7, 11) is -1.45. The Balaban J connectivity index is 0.00000106. The van der Waals surface area contributed by atoms with E-state index >= 15 is 0 Å². The Morgan fingerprint density at radius 3 is 1.08 bits per heavy atom. The molecule has 36 heavy (non-hydrogen) atoms. The third-order valence-electron chi connectivity index (χ3n) is 7.11. The standard InChI is InChI=1S/C31H42P.C2H4O2/c1-4-7-25-32(26-8-5-2,27-9-6-3)31(28-19-13-10-14-20-28,29-21-15-11-16-22-29)30-23-17-12-18-24-30;1-2(3)4/h10-24H,4-9,25-27H2,1-3H3;1H3,(H,3,4)/q+1;/p-1. The van der Waals surface area contributed by atoms with E-state index in [-0.39, 0.29) is 5.16 Å². The first kappa shape index (κ1) is 29.8. The minimum absolute atomic E-state index is 0.0453. The van der Waals surface area contributed by atoms with Crippen molar-refractivity contribution in [2.75, 3.05) is 18.5 Å². The lowest BCUT2D eigenvalue weighted by molar-refractivity contribution is -0.302. The molecule has 0 aliphatic heterocycles. The van der Waals surface area contributed by atoms with Gasteiger partial charge >= 0.3 is 0 Å². The van der Waals surface area contributed by atoms with Crippen molar-refractivity contribution in [3.63, 3.8) is 0 Å². The van der Waals surface area contributed by atoms with E-state index in [0.29, 0.717) is 0 Å². The number of benzene rings is 3. The Hall–Kier alpha value is -2.44. The van der Waals surface area contributed by atoms with Gasteiger partial charge in [0, 0.05) is 29.9 Å². The SMILES string of the molecule is CC(=O)[O-].CCCC[P+](CCCC)(CCCC)C(c1ccccc1)(c1ccccc1)c1ccccc1. The summed E-state index contributed by atoms with van der Waals surface area (Å²) in [5.41, 5.74) is 4.48. The molecule has 3 aromatic carbocycles. The minimum Gasteiger partial charge on any atom is -0.550 e. The lowest BCUT2D eigenvalue weighted by atomic mass is 9.84. The Morgan fingerprint density at radius 2 is 0.861 bits per heavy atom. The molecule has 0 aliphatic carbocycles. The molecule has 0 aromatic heterocycles. The van der Waals surface area contributed by atoms with Gasteiger partial charge in [-0.05, 0) is 26.2 Å². The monoisotopic (exact) mass is 504 g/mol. The van der Waals surface area contributed by atoms with Crippen LogP contribution in [-0.2, 0) is 9.95 Å². The molecule has 2 nitrogen and oxygen atoms in total. The zero-order valence-electron chi connectivity index (χ0n) is 22.8. The minimum atomic E-state index is -1.45. The number of aliphatic carboxylic acids is 1. The van der Waals surface area contributed by atoms with Gasteiger partial charge in [0.25, 0.3) is 0 Å². The summed E-state index contributed by atoms with van der Waals surface area (Å²) in [5, 5.41) is 8.84. The highest BCUT2D eigenvalue weighted by Gasteiger charge is 2.59. The molecule has 194 valence electrons. The molecule has 0 amide bonds. The summed E-state index contributed by atoms with van der Waals surface area (Å²) >= 11 is 0. The highest BCUT2D eigenvalue weighted by molar-refractivity contribution is 7.77. The number of unbranched alkanes of at least 4 members (excludes halogenated alkanes) is 3. The highest BCUT2D eigenvalue weighted by Crippen LogP contribution is 2.78. The third-order valence-corrected chi connectivity index (χ3v) is 12.8. The number of carboxylic acids is 1. The average molecular weight is 505 g/mol. The summed E-state index contributed by atoms with van der Waals surface area (Å²) in [4.78, 5) is 8.89. The number of hydrogen-bond acceptors (Lipinski definition) is 2. The molecule has 0 radical (unpaired) electrons. The number of carbonyl (C=O) groups is 1. The normalized spacial score (nSPS) is 11.4.